The van der Waals surface area contributed by atoms with Crippen LogP contribution >= 0.6 is 27.7 Å². The van der Waals surface area contributed by atoms with Gasteiger partial charge in [-0.3, -0.25) is 0 Å². The molecule has 2 aliphatic rings. The second-order valence-corrected chi connectivity index (χ2v) is 14.1. The number of rotatable bonds is 8. The Morgan fingerprint density at radius 3 is 2.81 bits per heavy atom. The van der Waals surface area contributed by atoms with Crippen molar-refractivity contribution in [2.24, 2.45) is 0 Å². The van der Waals surface area contributed by atoms with Gasteiger partial charge in [0.1, 0.15) is 0 Å². The summed E-state index contributed by atoms with van der Waals surface area (Å²) in [7, 11) is 1.60. The summed E-state index contributed by atoms with van der Waals surface area (Å²) in [6.45, 7) is 3.76. The first-order valence-electron chi connectivity index (χ1n) is 8.82. The Labute approximate surface area is 187 Å². The fraction of sp³-hybridized carbons (Fsp3) is 0.421. The number of benzene rings is 1. The molecule has 1 aromatic rings. The van der Waals surface area contributed by atoms with E-state index in [0.717, 1.165) is 37.6 Å². The Bertz CT molecular complexity index is 734. The zero-order valence-corrected chi connectivity index (χ0v) is 20.5. The van der Waals surface area contributed by atoms with Gasteiger partial charge < -0.3 is 0 Å². The van der Waals surface area contributed by atoms with Crippen molar-refractivity contribution in [3.05, 3.63) is 49.4 Å². The third-order valence-electron chi connectivity index (χ3n) is 4.27. The van der Waals surface area contributed by atoms with E-state index in [2.05, 4.69) is 33.0 Å². The van der Waals surface area contributed by atoms with Gasteiger partial charge in [-0.05, 0) is 0 Å². The predicted octanol–water partition coefficient (Wildman–Crippen LogP) is 3.11. The minimum absolute atomic E-state index is 0.0370. The molecule has 0 aliphatic carbocycles. The number of hydrogen-bond acceptors (Lipinski definition) is 6. The maximum atomic E-state index is 10.1. The molecule has 1 atom stereocenters. The van der Waals surface area contributed by atoms with Crippen molar-refractivity contribution >= 4 is 28.9 Å². The van der Waals surface area contributed by atoms with E-state index in [1.165, 1.54) is 8.62 Å². The van der Waals surface area contributed by atoms with Crippen LogP contribution in [-0.4, -0.2) is 58.0 Å². The fourth-order valence-corrected chi connectivity index (χ4v) is 9.54. The fourth-order valence-electron chi connectivity index (χ4n) is 2.98. The Morgan fingerprint density at radius 1 is 1.30 bits per heavy atom. The van der Waals surface area contributed by atoms with Gasteiger partial charge in [-0.15, -0.1) is 0 Å². The molecule has 0 saturated carbocycles. The molecule has 1 unspecified atom stereocenters. The van der Waals surface area contributed by atoms with Crippen LogP contribution in [-0.2, 0) is 38.2 Å². The number of nitrogens with zero attached hydrogens (tertiary/aromatic N) is 1. The maximum absolute atomic E-state index is 10.1. The SMILES string of the molecule is COCOc1ccccc1C(CO)SC1=C[C](Br)=[Y][C](N2CCOCC2)=C1. The van der Waals surface area contributed by atoms with Crippen molar-refractivity contribution in [2.75, 3.05) is 46.8 Å². The van der Waals surface area contributed by atoms with E-state index < -0.39 is 28.7 Å². The van der Waals surface area contributed by atoms with Gasteiger partial charge >= 0.3 is 189 Å². The van der Waals surface area contributed by atoms with E-state index in [1.807, 2.05) is 24.3 Å². The Kier molecular flexibility index (Phi) is 9.03. The monoisotopic (exact) mass is 529 g/mol. The van der Waals surface area contributed by atoms with E-state index in [4.69, 9.17) is 14.2 Å². The average molecular weight is 530 g/mol. The van der Waals surface area contributed by atoms with E-state index >= 15 is 0 Å². The van der Waals surface area contributed by atoms with E-state index in [1.54, 1.807) is 18.9 Å². The third-order valence-corrected chi connectivity index (χ3v) is 10.2. The molecule has 2 heterocycles. The first-order valence-corrected chi connectivity index (χ1v) is 13.3. The molecule has 2 aliphatic heterocycles. The quantitative estimate of drug-likeness (QED) is 0.522. The number of morpholine rings is 1. The Balaban J connectivity index is 1.78. The van der Waals surface area contributed by atoms with Gasteiger partial charge in [-0.2, -0.15) is 0 Å². The van der Waals surface area contributed by atoms with Crippen molar-refractivity contribution in [3.8, 4) is 5.75 Å². The van der Waals surface area contributed by atoms with Gasteiger partial charge in [0.15, 0.2) is 0 Å². The minimum atomic E-state index is -0.985. The van der Waals surface area contributed by atoms with Crippen molar-refractivity contribution < 1.29 is 48.0 Å². The number of hydrogen-bond donors (Lipinski definition) is 1. The molecule has 27 heavy (non-hydrogen) atoms. The molecular weight excluding hydrogens is 507 g/mol. The standard InChI is InChI=1S/C19H23BrNO4S.Y/c1-23-15-25-18-5-3-2-4-17(18)19(14-22)26-16(6-8-20)7-9-21-10-12-24-13-11-21;/h2-7,19,22H,10-15H2,1H3;. The summed E-state index contributed by atoms with van der Waals surface area (Å²) in [5.41, 5.74) is 0.979. The molecule has 8 heteroatoms. The van der Waals surface area contributed by atoms with Crippen LogP contribution in [0.2, 0.25) is 0 Å². The molecule has 144 valence electrons. The number of halogens is 1. The molecule has 3 rings (SSSR count). The molecule has 1 aromatic carbocycles. The van der Waals surface area contributed by atoms with Crippen molar-refractivity contribution in [2.45, 2.75) is 5.25 Å². The number of ether oxygens (including phenoxy) is 3. The molecule has 0 aromatic heterocycles. The normalized spacial score (nSPS) is 18.2. The second-order valence-electron chi connectivity index (χ2n) is 6.12. The molecule has 0 spiro atoms. The number of thioether (sulfide) groups is 1. The zero-order chi connectivity index (χ0) is 19.1. The molecule has 0 amide bonds. The van der Waals surface area contributed by atoms with Gasteiger partial charge in [-0.1, -0.05) is 0 Å². The second kappa shape index (κ2) is 11.2. The summed E-state index contributed by atoms with van der Waals surface area (Å²) >= 11 is 4.45. The number of allylic oxidation sites excluding steroid dienone is 2. The molecule has 5 nitrogen and oxygen atoms in total. The molecule has 0 radical (unpaired) electrons. The predicted molar refractivity (Wildman–Crippen MR) is 109 cm³/mol. The number of methoxy groups -OCH3 is 1. The number of aliphatic hydroxyl groups excluding tert-OH is 1. The first-order chi connectivity index (χ1) is 13.2. The first kappa shape index (κ1) is 21.7. The number of aliphatic hydroxyl groups is 1. The summed E-state index contributed by atoms with van der Waals surface area (Å²) in [5, 5.41) is 9.95. The summed E-state index contributed by atoms with van der Waals surface area (Å²) < 4.78 is 19.0. The van der Waals surface area contributed by atoms with E-state index in [-0.39, 0.29) is 18.6 Å². The zero-order valence-electron chi connectivity index (χ0n) is 15.3. The van der Waals surface area contributed by atoms with Crippen molar-refractivity contribution in [1.82, 2.24) is 4.90 Å². The summed E-state index contributed by atoms with van der Waals surface area (Å²) in [6, 6.07) is 7.83. The Morgan fingerprint density at radius 2 is 2.07 bits per heavy atom. The van der Waals surface area contributed by atoms with Gasteiger partial charge in [0.05, 0.1) is 0 Å². The summed E-state index contributed by atoms with van der Waals surface area (Å²) in [4.78, 5) is 3.63. The Hall–Kier alpha value is -0.0161. The molecule has 1 N–H and O–H groups in total. The van der Waals surface area contributed by atoms with Crippen LogP contribution in [0.1, 0.15) is 10.8 Å². The summed E-state index contributed by atoms with van der Waals surface area (Å²) in [6.07, 6.45) is 4.53. The van der Waals surface area contributed by atoms with Crippen LogP contribution in [0.15, 0.2) is 43.8 Å². The van der Waals surface area contributed by atoms with Gasteiger partial charge in [-0.25, -0.2) is 0 Å². The number of para-hydroxylation sites is 1. The van der Waals surface area contributed by atoms with E-state index in [9.17, 15) is 5.11 Å². The van der Waals surface area contributed by atoms with E-state index in [0.29, 0.717) is 0 Å². The van der Waals surface area contributed by atoms with Gasteiger partial charge in [0.25, 0.3) is 0 Å². The average Bonchev–Trinajstić information content (AvgIpc) is 2.71. The molecule has 1 saturated heterocycles. The van der Waals surface area contributed by atoms with Crippen LogP contribution in [0.4, 0.5) is 0 Å². The molecule has 1 fully saturated rings. The van der Waals surface area contributed by atoms with Gasteiger partial charge in [0, 0.05) is 0 Å². The summed E-state index contributed by atoms with van der Waals surface area (Å²) in [5.74, 6) is 0.751. The van der Waals surface area contributed by atoms with Gasteiger partial charge in [0.2, 0.25) is 0 Å². The molecule has 0 bridgehead atoms. The molecular formula is C19H23BrNO4SY. The van der Waals surface area contributed by atoms with Crippen molar-refractivity contribution in [3.63, 3.8) is 0 Å². The van der Waals surface area contributed by atoms with Crippen LogP contribution in [0, 0.1) is 0 Å². The van der Waals surface area contributed by atoms with Crippen molar-refractivity contribution in [1.29, 1.82) is 0 Å². The topological polar surface area (TPSA) is 51.2 Å². The third kappa shape index (κ3) is 6.23. The van der Waals surface area contributed by atoms with Crippen LogP contribution in [0.5, 0.6) is 5.75 Å². The van der Waals surface area contributed by atoms with Crippen LogP contribution in [0.3, 0.4) is 0 Å². The van der Waals surface area contributed by atoms with Crippen LogP contribution in [0.25, 0.3) is 0 Å². The van der Waals surface area contributed by atoms with Crippen LogP contribution < -0.4 is 4.74 Å².